The molecule has 1 unspecified atom stereocenters. The Kier molecular flexibility index (Phi) is 6.04. The molecule has 0 fully saturated rings. The summed E-state index contributed by atoms with van der Waals surface area (Å²) in [5.74, 6) is 1.77. The van der Waals surface area contributed by atoms with Crippen LogP contribution in [0.4, 0.5) is 0 Å². The molecule has 0 amide bonds. The van der Waals surface area contributed by atoms with Crippen LogP contribution in [0.1, 0.15) is 46.9 Å². The molecule has 0 spiro atoms. The third kappa shape index (κ3) is 4.26. The Hall–Kier alpha value is -4.64. The lowest BCUT2D eigenvalue weighted by Crippen LogP contribution is -2.24. The third-order valence-electron chi connectivity index (χ3n) is 7.28. The summed E-state index contributed by atoms with van der Waals surface area (Å²) in [5.41, 5.74) is 16.2. The number of nitrogens with zero attached hydrogens (tertiary/aromatic N) is 2. The summed E-state index contributed by atoms with van der Waals surface area (Å²) in [4.78, 5) is 4.76. The highest BCUT2D eigenvalue weighted by atomic mass is 16.5. The Labute approximate surface area is 222 Å². The molecule has 5 nitrogen and oxygen atoms in total. The lowest BCUT2D eigenvalue weighted by molar-refractivity contribution is 0.286. The summed E-state index contributed by atoms with van der Waals surface area (Å²) in [6.07, 6.45) is 3.63. The first-order chi connectivity index (χ1) is 18.5. The van der Waals surface area contributed by atoms with Gasteiger partial charge >= 0.3 is 0 Å². The van der Waals surface area contributed by atoms with Crippen LogP contribution in [-0.2, 0) is 4.74 Å². The lowest BCUT2D eigenvalue weighted by atomic mass is 9.74. The second-order valence-electron chi connectivity index (χ2n) is 9.94. The van der Waals surface area contributed by atoms with E-state index in [9.17, 15) is 0 Å². The molecule has 2 aliphatic rings. The van der Waals surface area contributed by atoms with Crippen molar-refractivity contribution >= 4 is 11.6 Å². The molecular weight excluding hydrogens is 470 g/mol. The first-order valence-corrected chi connectivity index (χ1v) is 12.8. The van der Waals surface area contributed by atoms with E-state index in [1.54, 1.807) is 0 Å². The fourth-order valence-electron chi connectivity index (χ4n) is 5.39. The summed E-state index contributed by atoms with van der Waals surface area (Å²) < 4.78 is 12.3. The molecule has 5 heteroatoms. The molecule has 0 bridgehead atoms. The number of ether oxygens (including phenoxy) is 1. The Morgan fingerprint density at radius 3 is 2.37 bits per heavy atom. The van der Waals surface area contributed by atoms with Gasteiger partial charge in [-0.25, -0.2) is 0 Å². The minimum Gasteiger partial charge on any atom is -0.441 e. The number of hydrogen-bond donors (Lipinski definition) is 1. The summed E-state index contributed by atoms with van der Waals surface area (Å²) >= 11 is 0. The van der Waals surface area contributed by atoms with E-state index in [-0.39, 0.29) is 11.8 Å². The average Bonchev–Trinajstić information content (AvgIpc) is 3.41. The molecule has 1 aromatic heterocycles. The first-order valence-electron chi connectivity index (χ1n) is 12.8. The van der Waals surface area contributed by atoms with E-state index in [1.165, 1.54) is 5.56 Å². The van der Waals surface area contributed by atoms with Crippen LogP contribution in [-0.4, -0.2) is 10.1 Å². The maximum Gasteiger partial charge on any atom is 0.260 e. The zero-order valence-corrected chi connectivity index (χ0v) is 21.6. The van der Waals surface area contributed by atoms with Crippen LogP contribution < -0.4 is 5.73 Å². The quantitative estimate of drug-likeness (QED) is 0.295. The SMILES string of the molecule is C=C1CC2=C(OC(N)=C(c3nc(-c4ccccc4)no3)C2c2ccccc2C)/C(=C/c2ccccc2C)C1. The molecule has 6 rings (SSSR count). The third-order valence-corrected chi connectivity index (χ3v) is 7.28. The Morgan fingerprint density at radius 2 is 1.61 bits per heavy atom. The first kappa shape index (κ1) is 23.7. The number of nitrogens with two attached hydrogens (primary N) is 1. The number of rotatable bonds is 4. The zero-order chi connectivity index (χ0) is 26.2. The Bertz CT molecular complexity index is 1640. The molecule has 0 saturated heterocycles. The van der Waals surface area contributed by atoms with E-state index in [4.69, 9.17) is 20.0 Å². The van der Waals surface area contributed by atoms with Gasteiger partial charge in [0, 0.05) is 11.5 Å². The summed E-state index contributed by atoms with van der Waals surface area (Å²) in [5, 5.41) is 4.27. The van der Waals surface area contributed by atoms with Crippen molar-refractivity contribution in [3.8, 4) is 11.4 Å². The van der Waals surface area contributed by atoms with Gasteiger partial charge in [-0.1, -0.05) is 96.2 Å². The monoisotopic (exact) mass is 499 g/mol. The highest BCUT2D eigenvalue weighted by Crippen LogP contribution is 2.51. The van der Waals surface area contributed by atoms with Crippen molar-refractivity contribution in [1.82, 2.24) is 10.1 Å². The van der Waals surface area contributed by atoms with Gasteiger partial charge in [0.1, 0.15) is 5.76 Å². The molecule has 2 heterocycles. The van der Waals surface area contributed by atoms with E-state index in [1.807, 2.05) is 42.5 Å². The van der Waals surface area contributed by atoms with Crippen LogP contribution in [0, 0.1) is 13.8 Å². The summed E-state index contributed by atoms with van der Waals surface area (Å²) in [7, 11) is 0. The van der Waals surface area contributed by atoms with Gasteiger partial charge < -0.3 is 15.0 Å². The predicted octanol–water partition coefficient (Wildman–Crippen LogP) is 7.48. The smallest absolute Gasteiger partial charge is 0.260 e. The van der Waals surface area contributed by atoms with E-state index in [2.05, 4.69) is 68.1 Å². The number of hydrogen-bond acceptors (Lipinski definition) is 5. The van der Waals surface area contributed by atoms with Gasteiger partial charge in [0.25, 0.3) is 5.89 Å². The Morgan fingerprint density at radius 1 is 0.895 bits per heavy atom. The van der Waals surface area contributed by atoms with Crippen molar-refractivity contribution in [2.75, 3.05) is 0 Å². The molecule has 0 saturated carbocycles. The highest BCUT2D eigenvalue weighted by molar-refractivity contribution is 5.77. The second kappa shape index (κ2) is 9.67. The van der Waals surface area contributed by atoms with Crippen molar-refractivity contribution in [2.45, 2.75) is 32.6 Å². The fourth-order valence-corrected chi connectivity index (χ4v) is 5.39. The molecule has 1 aliphatic heterocycles. The van der Waals surface area contributed by atoms with Crippen molar-refractivity contribution in [1.29, 1.82) is 0 Å². The van der Waals surface area contributed by atoms with Gasteiger partial charge in [0.2, 0.25) is 11.7 Å². The van der Waals surface area contributed by atoms with Crippen molar-refractivity contribution in [2.24, 2.45) is 5.73 Å². The van der Waals surface area contributed by atoms with Crippen LogP contribution in [0.25, 0.3) is 23.0 Å². The van der Waals surface area contributed by atoms with Gasteiger partial charge in [-0.3, -0.25) is 0 Å². The molecule has 1 aliphatic carbocycles. The maximum absolute atomic E-state index is 6.71. The topological polar surface area (TPSA) is 74.2 Å². The van der Waals surface area contributed by atoms with E-state index < -0.39 is 0 Å². The number of benzene rings is 3. The van der Waals surface area contributed by atoms with Crippen molar-refractivity contribution in [3.63, 3.8) is 0 Å². The molecule has 3 aromatic carbocycles. The Balaban J connectivity index is 1.53. The number of allylic oxidation sites excluding steroid dienone is 4. The number of aryl methyl sites for hydroxylation is 2. The standard InChI is InChI=1S/C33H29N3O2/c1-20-17-25(19-24-15-9-7-11-21(24)2)30-27(18-20)28(26-16-10-8-12-22(26)3)29(31(34)37-30)33-35-32(36-38-33)23-13-5-4-6-14-23/h4-16,19,28H,1,17-18,34H2,2-3H3/b25-19+. The molecule has 188 valence electrons. The van der Waals surface area contributed by atoms with Gasteiger partial charge in [-0.15, -0.1) is 0 Å². The van der Waals surface area contributed by atoms with Gasteiger partial charge in [-0.2, -0.15) is 4.98 Å². The fraction of sp³-hybridized carbons (Fsp3) is 0.152. The normalized spacial score (nSPS) is 18.5. The molecule has 2 N–H and O–H groups in total. The van der Waals surface area contributed by atoms with Gasteiger partial charge in [0.15, 0.2) is 0 Å². The maximum atomic E-state index is 6.71. The van der Waals surface area contributed by atoms with Crippen LogP contribution in [0.2, 0.25) is 0 Å². The van der Waals surface area contributed by atoms with Crippen LogP contribution in [0.3, 0.4) is 0 Å². The van der Waals surface area contributed by atoms with Crippen molar-refractivity contribution < 1.29 is 9.26 Å². The molecule has 0 radical (unpaired) electrons. The minimum atomic E-state index is -0.207. The zero-order valence-electron chi connectivity index (χ0n) is 21.6. The minimum absolute atomic E-state index is 0.207. The largest absolute Gasteiger partial charge is 0.441 e. The van der Waals surface area contributed by atoms with Crippen molar-refractivity contribution in [3.05, 3.63) is 142 Å². The lowest BCUT2D eigenvalue weighted by Gasteiger charge is -2.35. The highest BCUT2D eigenvalue weighted by Gasteiger charge is 2.39. The predicted molar refractivity (Wildman–Crippen MR) is 150 cm³/mol. The van der Waals surface area contributed by atoms with Crippen LogP contribution in [0.15, 0.2) is 118 Å². The second-order valence-corrected chi connectivity index (χ2v) is 9.94. The van der Waals surface area contributed by atoms with Gasteiger partial charge in [-0.05, 0) is 66.2 Å². The average molecular weight is 500 g/mol. The molecule has 38 heavy (non-hydrogen) atoms. The molecular formula is C33H29N3O2. The molecule has 1 atom stereocenters. The van der Waals surface area contributed by atoms with Crippen LogP contribution in [0.5, 0.6) is 0 Å². The number of aromatic nitrogens is 2. The van der Waals surface area contributed by atoms with Crippen LogP contribution >= 0.6 is 0 Å². The van der Waals surface area contributed by atoms with E-state index in [0.717, 1.165) is 51.2 Å². The van der Waals surface area contributed by atoms with E-state index in [0.29, 0.717) is 23.7 Å². The molecule has 4 aromatic rings. The van der Waals surface area contributed by atoms with E-state index >= 15 is 0 Å². The summed E-state index contributed by atoms with van der Waals surface area (Å²) in [6, 6.07) is 26.5. The summed E-state index contributed by atoms with van der Waals surface area (Å²) in [6.45, 7) is 8.63. The van der Waals surface area contributed by atoms with Gasteiger partial charge in [0.05, 0.1) is 5.57 Å².